The van der Waals surface area contributed by atoms with Crippen LogP contribution in [0.25, 0.3) is 11.3 Å². The topological polar surface area (TPSA) is 52.3 Å². The second-order valence-electron chi connectivity index (χ2n) is 3.43. The molecule has 94 valence electrons. The van der Waals surface area contributed by atoms with E-state index in [9.17, 15) is 9.18 Å². The minimum Gasteiger partial charge on any atom is -0.461 e. The molecular weight excluding hydrogens is 305 g/mol. The Hall–Kier alpha value is -1.69. The van der Waals surface area contributed by atoms with Crippen molar-refractivity contribution in [1.82, 2.24) is 5.16 Å². The molecule has 0 fully saturated rings. The van der Waals surface area contributed by atoms with Crippen molar-refractivity contribution in [3.05, 3.63) is 40.2 Å². The Kier molecular flexibility index (Phi) is 3.76. The molecule has 0 amide bonds. The first kappa shape index (κ1) is 12.8. The van der Waals surface area contributed by atoms with Crippen LogP contribution in [0.4, 0.5) is 4.39 Å². The van der Waals surface area contributed by atoms with Crippen LogP contribution >= 0.6 is 15.9 Å². The molecule has 0 unspecified atom stereocenters. The molecule has 6 heteroatoms. The minimum absolute atomic E-state index is 0.0901. The van der Waals surface area contributed by atoms with E-state index in [1.54, 1.807) is 13.0 Å². The largest absolute Gasteiger partial charge is 0.461 e. The minimum atomic E-state index is -0.548. The van der Waals surface area contributed by atoms with Crippen molar-refractivity contribution in [2.24, 2.45) is 0 Å². The lowest BCUT2D eigenvalue weighted by atomic mass is 10.1. The molecular formula is C12H9BrFNO3. The highest BCUT2D eigenvalue weighted by Crippen LogP contribution is 2.25. The molecule has 0 bridgehead atoms. The fourth-order valence-corrected chi connectivity index (χ4v) is 1.74. The van der Waals surface area contributed by atoms with Crippen LogP contribution in [0.15, 0.2) is 33.3 Å². The SMILES string of the molecule is CCOC(=O)c1cc(-c2ccc(F)c(Br)c2)on1. The average Bonchev–Trinajstić information content (AvgIpc) is 2.82. The number of halogens is 2. The number of benzene rings is 1. The van der Waals surface area contributed by atoms with Crippen molar-refractivity contribution in [2.45, 2.75) is 6.92 Å². The third kappa shape index (κ3) is 2.59. The number of carbonyl (C=O) groups excluding carboxylic acids is 1. The first-order valence-electron chi connectivity index (χ1n) is 5.21. The number of hydrogen-bond donors (Lipinski definition) is 0. The highest BCUT2D eigenvalue weighted by Gasteiger charge is 2.15. The predicted molar refractivity (Wildman–Crippen MR) is 65.6 cm³/mol. The van der Waals surface area contributed by atoms with Gasteiger partial charge in [0.25, 0.3) is 0 Å². The van der Waals surface area contributed by atoms with Crippen LogP contribution in [0, 0.1) is 5.82 Å². The van der Waals surface area contributed by atoms with Gasteiger partial charge in [-0.15, -0.1) is 0 Å². The first-order valence-corrected chi connectivity index (χ1v) is 6.00. The Labute approximate surface area is 111 Å². The van der Waals surface area contributed by atoms with Gasteiger partial charge in [0.05, 0.1) is 11.1 Å². The van der Waals surface area contributed by atoms with E-state index in [4.69, 9.17) is 9.26 Å². The molecule has 0 atom stereocenters. The average molecular weight is 314 g/mol. The molecule has 0 radical (unpaired) electrons. The van der Waals surface area contributed by atoms with Gasteiger partial charge in [-0.25, -0.2) is 9.18 Å². The van der Waals surface area contributed by atoms with Crippen molar-refractivity contribution in [1.29, 1.82) is 0 Å². The Morgan fingerprint density at radius 2 is 2.28 bits per heavy atom. The zero-order valence-corrected chi connectivity index (χ0v) is 11.0. The van der Waals surface area contributed by atoms with Gasteiger partial charge in [0.15, 0.2) is 11.5 Å². The second-order valence-corrected chi connectivity index (χ2v) is 4.28. The highest BCUT2D eigenvalue weighted by molar-refractivity contribution is 9.10. The van der Waals surface area contributed by atoms with Crippen molar-refractivity contribution >= 4 is 21.9 Å². The van der Waals surface area contributed by atoms with Crippen LogP contribution in [-0.4, -0.2) is 17.7 Å². The molecule has 1 aromatic heterocycles. The lowest BCUT2D eigenvalue weighted by Gasteiger charge is -1.97. The van der Waals surface area contributed by atoms with Gasteiger partial charge in [0.1, 0.15) is 5.82 Å². The molecule has 18 heavy (non-hydrogen) atoms. The molecule has 0 aliphatic carbocycles. The second kappa shape index (κ2) is 5.30. The van der Waals surface area contributed by atoms with Crippen molar-refractivity contribution in [3.63, 3.8) is 0 Å². The summed E-state index contributed by atoms with van der Waals surface area (Å²) in [7, 11) is 0. The van der Waals surface area contributed by atoms with Gasteiger partial charge in [-0.05, 0) is 41.1 Å². The van der Waals surface area contributed by atoms with E-state index >= 15 is 0 Å². The van der Waals surface area contributed by atoms with E-state index in [1.165, 1.54) is 18.2 Å². The Bertz CT molecular complexity index is 582. The van der Waals surface area contributed by atoms with E-state index in [0.29, 0.717) is 15.8 Å². The van der Waals surface area contributed by atoms with E-state index in [0.717, 1.165) is 0 Å². The monoisotopic (exact) mass is 313 g/mol. The molecule has 1 aromatic carbocycles. The van der Waals surface area contributed by atoms with Crippen LogP contribution in [0.3, 0.4) is 0 Å². The third-order valence-electron chi connectivity index (χ3n) is 2.20. The number of rotatable bonds is 3. The lowest BCUT2D eigenvalue weighted by Crippen LogP contribution is -2.04. The van der Waals surface area contributed by atoms with E-state index in [-0.39, 0.29) is 18.1 Å². The molecule has 0 saturated heterocycles. The summed E-state index contributed by atoms with van der Waals surface area (Å²) in [6.45, 7) is 1.97. The zero-order valence-electron chi connectivity index (χ0n) is 9.44. The maximum atomic E-state index is 13.1. The van der Waals surface area contributed by atoms with Gasteiger partial charge in [0.2, 0.25) is 0 Å². The number of nitrogens with zero attached hydrogens (tertiary/aromatic N) is 1. The molecule has 0 spiro atoms. The number of ether oxygens (including phenoxy) is 1. The van der Waals surface area contributed by atoms with Gasteiger partial charge < -0.3 is 9.26 Å². The van der Waals surface area contributed by atoms with E-state index in [2.05, 4.69) is 21.1 Å². The Morgan fingerprint density at radius 3 is 2.94 bits per heavy atom. The number of hydrogen-bond acceptors (Lipinski definition) is 4. The summed E-state index contributed by atoms with van der Waals surface area (Å²) in [5.41, 5.74) is 0.707. The predicted octanol–water partition coefficient (Wildman–Crippen LogP) is 3.42. The molecule has 0 aliphatic heterocycles. The van der Waals surface area contributed by atoms with Gasteiger partial charge in [0, 0.05) is 11.6 Å². The standard InChI is InChI=1S/C12H9BrFNO3/c1-2-17-12(16)10-6-11(18-15-10)7-3-4-9(14)8(13)5-7/h3-6H,2H2,1H3. The van der Waals surface area contributed by atoms with E-state index < -0.39 is 5.97 Å². The summed E-state index contributed by atoms with van der Waals surface area (Å²) in [6.07, 6.45) is 0. The van der Waals surface area contributed by atoms with Gasteiger partial charge in [-0.1, -0.05) is 5.16 Å². The summed E-state index contributed by atoms with van der Waals surface area (Å²) in [5.74, 6) is -0.545. The fourth-order valence-electron chi connectivity index (χ4n) is 1.36. The van der Waals surface area contributed by atoms with Crippen LogP contribution in [-0.2, 0) is 4.74 Å². The van der Waals surface area contributed by atoms with Crippen LogP contribution < -0.4 is 0 Å². The number of aromatic nitrogens is 1. The van der Waals surface area contributed by atoms with Crippen LogP contribution in [0.1, 0.15) is 17.4 Å². The van der Waals surface area contributed by atoms with Gasteiger partial charge >= 0.3 is 5.97 Å². The molecule has 1 heterocycles. The number of esters is 1. The van der Waals surface area contributed by atoms with Crippen molar-refractivity contribution < 1.29 is 18.4 Å². The van der Waals surface area contributed by atoms with Gasteiger partial charge in [-0.3, -0.25) is 0 Å². The maximum Gasteiger partial charge on any atom is 0.360 e. The van der Waals surface area contributed by atoms with Crippen LogP contribution in [0.5, 0.6) is 0 Å². The molecule has 2 aromatic rings. The molecule has 0 saturated carbocycles. The van der Waals surface area contributed by atoms with Crippen LogP contribution in [0.2, 0.25) is 0 Å². The number of carbonyl (C=O) groups is 1. The van der Waals surface area contributed by atoms with Crippen molar-refractivity contribution in [3.8, 4) is 11.3 Å². The quantitative estimate of drug-likeness (QED) is 0.815. The fraction of sp³-hybridized carbons (Fsp3) is 0.167. The van der Waals surface area contributed by atoms with Gasteiger partial charge in [-0.2, -0.15) is 0 Å². The Morgan fingerprint density at radius 1 is 1.50 bits per heavy atom. The van der Waals surface area contributed by atoms with E-state index in [1.807, 2.05) is 0 Å². The summed E-state index contributed by atoms with van der Waals surface area (Å²) >= 11 is 3.08. The normalized spacial score (nSPS) is 10.4. The summed E-state index contributed by atoms with van der Waals surface area (Å²) < 4.78 is 23.2. The Balaban J connectivity index is 2.29. The molecule has 4 nitrogen and oxygen atoms in total. The summed E-state index contributed by atoms with van der Waals surface area (Å²) in [6, 6.07) is 5.84. The summed E-state index contributed by atoms with van der Waals surface area (Å²) in [5, 5.41) is 3.60. The maximum absolute atomic E-state index is 13.1. The van der Waals surface area contributed by atoms with Crippen molar-refractivity contribution in [2.75, 3.05) is 6.61 Å². The summed E-state index contributed by atoms with van der Waals surface area (Å²) in [4.78, 5) is 11.4. The molecule has 2 rings (SSSR count). The molecule has 0 aliphatic rings. The smallest absolute Gasteiger partial charge is 0.360 e. The highest BCUT2D eigenvalue weighted by atomic mass is 79.9. The third-order valence-corrected chi connectivity index (χ3v) is 2.81. The molecule has 0 N–H and O–H groups in total. The lowest BCUT2D eigenvalue weighted by molar-refractivity contribution is 0.0514. The first-order chi connectivity index (χ1) is 8.61. The zero-order chi connectivity index (χ0) is 13.1.